The highest BCUT2D eigenvalue weighted by molar-refractivity contribution is 6.30. The number of pyridine rings is 2. The van der Waals surface area contributed by atoms with Gasteiger partial charge in [-0.25, -0.2) is 4.52 Å². The summed E-state index contributed by atoms with van der Waals surface area (Å²) in [5, 5.41) is 5.31. The minimum Gasteiger partial charge on any atom is -0.333 e. The molecule has 120 valence electrons. The second kappa shape index (κ2) is 4.48. The first kappa shape index (κ1) is 13.8. The van der Waals surface area contributed by atoms with Crippen molar-refractivity contribution in [2.24, 2.45) is 0 Å². The van der Waals surface area contributed by atoms with Gasteiger partial charge >= 0.3 is 0 Å². The lowest BCUT2D eigenvalue weighted by Gasteiger charge is -2.23. The lowest BCUT2D eigenvalue weighted by molar-refractivity contribution is 0.0734. The number of halogens is 1. The van der Waals surface area contributed by atoms with Crippen LogP contribution in [0.4, 0.5) is 0 Å². The van der Waals surface area contributed by atoms with E-state index in [0.29, 0.717) is 16.3 Å². The number of amides is 1. The van der Waals surface area contributed by atoms with Crippen molar-refractivity contribution in [3.63, 3.8) is 0 Å². The van der Waals surface area contributed by atoms with Gasteiger partial charge in [0, 0.05) is 41.5 Å². The van der Waals surface area contributed by atoms with E-state index in [1.165, 1.54) is 6.07 Å². The van der Waals surface area contributed by atoms with Crippen LogP contribution in [0.25, 0.3) is 5.52 Å². The molecule has 24 heavy (non-hydrogen) atoms. The molecule has 0 saturated carbocycles. The molecule has 1 aliphatic heterocycles. The van der Waals surface area contributed by atoms with Crippen molar-refractivity contribution in [2.75, 3.05) is 7.05 Å². The van der Waals surface area contributed by atoms with E-state index < -0.39 is 0 Å². The Morgan fingerprint density at radius 1 is 1.29 bits per heavy atom. The van der Waals surface area contributed by atoms with Crippen LogP contribution in [0.2, 0.25) is 5.02 Å². The fourth-order valence-electron chi connectivity index (χ4n) is 4.00. The fourth-order valence-corrected chi connectivity index (χ4v) is 4.16. The Hall–Kier alpha value is -2.60. The summed E-state index contributed by atoms with van der Waals surface area (Å²) in [5.41, 5.74) is 3.87. The molecule has 0 fully saturated rings. The van der Waals surface area contributed by atoms with Crippen LogP contribution in [0, 0.1) is 0 Å². The predicted octanol–water partition coefficient (Wildman–Crippen LogP) is 2.34. The van der Waals surface area contributed by atoms with Crippen LogP contribution in [-0.2, 0) is 0 Å². The molecular formula is C17H13ClN4O2. The molecular weight excluding hydrogens is 328 g/mol. The maximum Gasteiger partial charge on any atom is 0.255 e. The zero-order valence-corrected chi connectivity index (χ0v) is 13.5. The van der Waals surface area contributed by atoms with E-state index in [1.807, 2.05) is 12.3 Å². The highest BCUT2D eigenvalue weighted by Crippen LogP contribution is 2.50. The standard InChI is InChI=1S/C17H13ClN4O2/c1-21-12-7-10(15-9(17(21)24)2-3-13(23)19-15)14-11-6-8(18)4-5-22(11)20-16(12)14/h2-6,10,12H,7H2,1H3,(H,19,23). The third-order valence-electron chi connectivity index (χ3n) is 5.10. The molecule has 1 amide bonds. The molecule has 4 heterocycles. The number of carbonyl (C=O) groups excluding carboxylic acids is 1. The first-order valence-electron chi connectivity index (χ1n) is 7.72. The van der Waals surface area contributed by atoms with Gasteiger partial charge in [0.05, 0.1) is 22.8 Å². The van der Waals surface area contributed by atoms with E-state index in [4.69, 9.17) is 11.6 Å². The summed E-state index contributed by atoms with van der Waals surface area (Å²) in [4.78, 5) is 29.2. The van der Waals surface area contributed by atoms with E-state index >= 15 is 0 Å². The van der Waals surface area contributed by atoms with Crippen molar-refractivity contribution in [2.45, 2.75) is 18.4 Å². The van der Waals surface area contributed by atoms with Crippen LogP contribution < -0.4 is 5.56 Å². The van der Waals surface area contributed by atoms with E-state index in [2.05, 4.69) is 10.1 Å². The van der Waals surface area contributed by atoms with Gasteiger partial charge in [0.15, 0.2) is 0 Å². The van der Waals surface area contributed by atoms with Crippen LogP contribution in [0.1, 0.15) is 45.7 Å². The van der Waals surface area contributed by atoms with Crippen LogP contribution in [0.15, 0.2) is 35.3 Å². The average Bonchev–Trinajstić information content (AvgIpc) is 3.07. The van der Waals surface area contributed by atoms with Crippen LogP contribution in [0.3, 0.4) is 0 Å². The summed E-state index contributed by atoms with van der Waals surface area (Å²) >= 11 is 6.17. The SMILES string of the molecule is CN1C(=O)c2ccc(=O)[nH]c2C2CC1c1nn3ccc(Cl)cc3c12. The average molecular weight is 341 g/mol. The van der Waals surface area contributed by atoms with Crippen molar-refractivity contribution in [3.05, 3.63) is 68.4 Å². The summed E-state index contributed by atoms with van der Waals surface area (Å²) < 4.78 is 1.79. The highest BCUT2D eigenvalue weighted by Gasteiger charge is 2.44. The van der Waals surface area contributed by atoms with Crippen LogP contribution in [0.5, 0.6) is 0 Å². The van der Waals surface area contributed by atoms with Crippen molar-refractivity contribution in [3.8, 4) is 0 Å². The summed E-state index contributed by atoms with van der Waals surface area (Å²) in [5.74, 6) is -0.159. The van der Waals surface area contributed by atoms with Gasteiger partial charge in [0.1, 0.15) is 0 Å². The first-order chi connectivity index (χ1) is 11.5. The first-order valence-corrected chi connectivity index (χ1v) is 8.10. The molecule has 0 radical (unpaired) electrons. The van der Waals surface area contributed by atoms with Crippen molar-refractivity contribution < 1.29 is 4.79 Å². The van der Waals surface area contributed by atoms with Gasteiger partial charge in [-0.2, -0.15) is 5.10 Å². The number of aromatic amines is 1. The fraction of sp³-hybridized carbons (Fsp3) is 0.235. The Labute approximate surface area is 141 Å². The molecule has 0 spiro atoms. The number of nitrogens with zero attached hydrogens (tertiary/aromatic N) is 3. The maximum atomic E-state index is 12.8. The van der Waals surface area contributed by atoms with Gasteiger partial charge in [-0.15, -0.1) is 0 Å². The third-order valence-corrected chi connectivity index (χ3v) is 5.34. The second-order valence-corrected chi connectivity index (χ2v) is 6.78. The van der Waals surface area contributed by atoms with Gasteiger partial charge in [-0.3, -0.25) is 9.59 Å². The quantitative estimate of drug-likeness (QED) is 0.683. The number of rotatable bonds is 0. The van der Waals surface area contributed by atoms with E-state index in [1.54, 1.807) is 28.6 Å². The molecule has 3 aromatic heterocycles. The molecule has 2 bridgehead atoms. The Balaban J connectivity index is 1.88. The van der Waals surface area contributed by atoms with Gasteiger partial charge in [0.2, 0.25) is 5.56 Å². The van der Waals surface area contributed by atoms with Crippen LogP contribution >= 0.6 is 11.6 Å². The number of hydrogen-bond acceptors (Lipinski definition) is 3. The van der Waals surface area contributed by atoms with Gasteiger partial charge < -0.3 is 9.88 Å². The molecule has 2 atom stereocenters. The van der Waals surface area contributed by atoms with E-state index in [-0.39, 0.29) is 23.4 Å². The third kappa shape index (κ3) is 1.63. The largest absolute Gasteiger partial charge is 0.333 e. The maximum absolute atomic E-state index is 12.8. The predicted molar refractivity (Wildman–Crippen MR) is 88.6 cm³/mol. The number of nitrogens with one attached hydrogen (secondary N) is 1. The lowest BCUT2D eigenvalue weighted by atomic mass is 9.94. The highest BCUT2D eigenvalue weighted by atomic mass is 35.5. The molecule has 6 nitrogen and oxygen atoms in total. The number of carbonyl (C=O) groups is 1. The lowest BCUT2D eigenvalue weighted by Crippen LogP contribution is -2.30. The molecule has 3 aromatic rings. The number of hydrogen-bond donors (Lipinski definition) is 1. The van der Waals surface area contributed by atoms with E-state index in [9.17, 15) is 9.59 Å². The second-order valence-electron chi connectivity index (χ2n) is 6.34. The molecule has 1 aliphatic carbocycles. The normalized spacial score (nSPS) is 21.8. The summed E-state index contributed by atoms with van der Waals surface area (Å²) in [6.07, 6.45) is 2.54. The zero-order valence-electron chi connectivity index (χ0n) is 12.8. The molecule has 7 heteroatoms. The molecule has 2 unspecified atom stereocenters. The summed E-state index contributed by atoms with van der Waals surface area (Å²) in [7, 11) is 1.79. The number of aromatic nitrogens is 3. The Bertz CT molecular complexity index is 1080. The van der Waals surface area contributed by atoms with Crippen molar-refractivity contribution in [1.82, 2.24) is 19.5 Å². The molecule has 2 aliphatic rings. The van der Waals surface area contributed by atoms with Crippen molar-refractivity contribution >= 4 is 23.0 Å². The minimum atomic E-state index is -0.203. The summed E-state index contributed by atoms with van der Waals surface area (Å²) in [6, 6.07) is 6.58. The topological polar surface area (TPSA) is 70.5 Å². The number of fused-ring (bicyclic) bond motifs is 9. The minimum absolute atomic E-state index is 0.0706. The Morgan fingerprint density at radius 3 is 2.96 bits per heavy atom. The van der Waals surface area contributed by atoms with Gasteiger partial charge in [-0.05, 0) is 24.6 Å². The molecule has 0 saturated heterocycles. The summed E-state index contributed by atoms with van der Waals surface area (Å²) in [6.45, 7) is 0. The van der Waals surface area contributed by atoms with Gasteiger partial charge in [-0.1, -0.05) is 11.6 Å². The molecule has 5 rings (SSSR count). The Morgan fingerprint density at radius 2 is 2.12 bits per heavy atom. The van der Waals surface area contributed by atoms with Crippen LogP contribution in [-0.4, -0.2) is 32.5 Å². The molecule has 1 N–H and O–H groups in total. The number of H-pyrrole nitrogens is 1. The smallest absolute Gasteiger partial charge is 0.255 e. The monoisotopic (exact) mass is 340 g/mol. The van der Waals surface area contributed by atoms with Gasteiger partial charge in [0.25, 0.3) is 5.91 Å². The van der Waals surface area contributed by atoms with E-state index in [0.717, 1.165) is 23.2 Å². The zero-order chi connectivity index (χ0) is 16.6. The molecule has 0 aromatic carbocycles. The van der Waals surface area contributed by atoms with Crippen molar-refractivity contribution in [1.29, 1.82) is 0 Å². The Kier molecular flexibility index (Phi) is 2.58.